The monoisotopic (exact) mass is 147 g/mol. The van der Waals surface area contributed by atoms with E-state index in [1.54, 1.807) is 6.20 Å². The molecule has 0 amide bonds. The van der Waals surface area contributed by atoms with Gasteiger partial charge in [-0.2, -0.15) is 5.26 Å². The lowest BCUT2D eigenvalue weighted by atomic mass is 10.1. The summed E-state index contributed by atoms with van der Waals surface area (Å²) in [5.41, 5.74) is 1.39. The fourth-order valence-corrected chi connectivity index (χ4v) is 0.885. The van der Waals surface area contributed by atoms with Gasteiger partial charge in [0.1, 0.15) is 12.4 Å². The van der Waals surface area contributed by atoms with Crippen molar-refractivity contribution >= 4 is 0 Å². The SMILES string of the molecule is CC(C)c1ncncc1C#N. The second kappa shape index (κ2) is 3.11. The highest BCUT2D eigenvalue weighted by Crippen LogP contribution is 2.13. The Morgan fingerprint density at radius 1 is 1.55 bits per heavy atom. The van der Waals surface area contributed by atoms with E-state index in [9.17, 15) is 0 Å². The summed E-state index contributed by atoms with van der Waals surface area (Å²) in [6.07, 6.45) is 3.01. The minimum absolute atomic E-state index is 0.285. The van der Waals surface area contributed by atoms with Crippen LogP contribution in [0, 0.1) is 11.3 Å². The van der Waals surface area contributed by atoms with E-state index < -0.39 is 0 Å². The Hall–Kier alpha value is -1.43. The van der Waals surface area contributed by atoms with Gasteiger partial charge in [0.25, 0.3) is 0 Å². The zero-order valence-electron chi connectivity index (χ0n) is 6.57. The van der Waals surface area contributed by atoms with Crippen molar-refractivity contribution in [3.63, 3.8) is 0 Å². The zero-order chi connectivity index (χ0) is 8.27. The summed E-state index contributed by atoms with van der Waals surface area (Å²) in [6, 6.07) is 2.05. The molecular weight excluding hydrogens is 138 g/mol. The molecule has 0 N–H and O–H groups in total. The van der Waals surface area contributed by atoms with Gasteiger partial charge in [-0.1, -0.05) is 13.8 Å². The molecule has 0 fully saturated rings. The molecule has 1 aromatic rings. The van der Waals surface area contributed by atoms with E-state index in [0.717, 1.165) is 5.69 Å². The number of nitrogens with zero attached hydrogens (tertiary/aromatic N) is 3. The van der Waals surface area contributed by atoms with Gasteiger partial charge in [0.05, 0.1) is 11.3 Å². The minimum atomic E-state index is 0.285. The summed E-state index contributed by atoms with van der Waals surface area (Å²) in [5.74, 6) is 0.285. The quantitative estimate of drug-likeness (QED) is 0.604. The van der Waals surface area contributed by atoms with Crippen LogP contribution in [0.25, 0.3) is 0 Å². The molecule has 1 rings (SSSR count). The van der Waals surface area contributed by atoms with Crippen LogP contribution in [0.1, 0.15) is 31.0 Å². The Morgan fingerprint density at radius 2 is 2.27 bits per heavy atom. The van der Waals surface area contributed by atoms with Crippen molar-refractivity contribution in [1.29, 1.82) is 5.26 Å². The average Bonchev–Trinajstić information content (AvgIpc) is 2.04. The molecule has 1 aromatic heterocycles. The third-order valence-electron chi connectivity index (χ3n) is 1.41. The van der Waals surface area contributed by atoms with Crippen LogP contribution in [0.15, 0.2) is 12.5 Å². The molecule has 0 saturated heterocycles. The molecule has 0 aliphatic rings. The smallest absolute Gasteiger partial charge is 0.115 e. The highest BCUT2D eigenvalue weighted by atomic mass is 14.8. The molecule has 0 bridgehead atoms. The van der Waals surface area contributed by atoms with Gasteiger partial charge >= 0.3 is 0 Å². The molecule has 0 aliphatic heterocycles. The van der Waals surface area contributed by atoms with Crippen LogP contribution >= 0.6 is 0 Å². The van der Waals surface area contributed by atoms with E-state index in [-0.39, 0.29) is 5.92 Å². The molecule has 0 atom stereocenters. The standard InChI is InChI=1S/C8H9N3/c1-6(2)8-7(3-9)4-10-5-11-8/h4-6H,1-2H3. The first-order valence-corrected chi connectivity index (χ1v) is 3.45. The van der Waals surface area contributed by atoms with Crippen LogP contribution in [-0.4, -0.2) is 9.97 Å². The Morgan fingerprint density at radius 3 is 2.73 bits per heavy atom. The molecule has 3 nitrogen and oxygen atoms in total. The predicted octanol–water partition coefficient (Wildman–Crippen LogP) is 1.47. The van der Waals surface area contributed by atoms with Crippen LogP contribution in [0.5, 0.6) is 0 Å². The summed E-state index contributed by atoms with van der Waals surface area (Å²) < 4.78 is 0. The van der Waals surface area contributed by atoms with E-state index in [2.05, 4.69) is 16.0 Å². The Balaban J connectivity index is 3.15. The summed E-state index contributed by atoms with van der Waals surface area (Å²) >= 11 is 0. The topological polar surface area (TPSA) is 49.6 Å². The lowest BCUT2D eigenvalue weighted by molar-refractivity contribution is 0.808. The molecule has 0 spiro atoms. The van der Waals surface area contributed by atoms with Crippen molar-refractivity contribution in [3.8, 4) is 6.07 Å². The highest BCUT2D eigenvalue weighted by Gasteiger charge is 2.05. The van der Waals surface area contributed by atoms with Gasteiger partial charge in [0, 0.05) is 6.20 Å². The fraction of sp³-hybridized carbons (Fsp3) is 0.375. The number of hydrogen-bond donors (Lipinski definition) is 0. The van der Waals surface area contributed by atoms with Gasteiger partial charge in [0.2, 0.25) is 0 Å². The maximum absolute atomic E-state index is 8.64. The fourth-order valence-electron chi connectivity index (χ4n) is 0.885. The van der Waals surface area contributed by atoms with E-state index in [0.29, 0.717) is 5.56 Å². The third-order valence-corrected chi connectivity index (χ3v) is 1.41. The first-order valence-electron chi connectivity index (χ1n) is 3.45. The van der Waals surface area contributed by atoms with Crippen LogP contribution in [0.2, 0.25) is 0 Å². The van der Waals surface area contributed by atoms with Gasteiger partial charge in [-0.15, -0.1) is 0 Å². The second-order valence-corrected chi connectivity index (χ2v) is 2.59. The minimum Gasteiger partial charge on any atom is -0.243 e. The largest absolute Gasteiger partial charge is 0.243 e. The molecule has 0 aliphatic carbocycles. The summed E-state index contributed by atoms with van der Waals surface area (Å²) in [6.45, 7) is 4.01. The van der Waals surface area contributed by atoms with Gasteiger partial charge in [-0.25, -0.2) is 9.97 Å². The van der Waals surface area contributed by atoms with Crippen LogP contribution in [0.4, 0.5) is 0 Å². The number of nitriles is 1. The first-order chi connectivity index (χ1) is 5.25. The molecule has 0 unspecified atom stereocenters. The van der Waals surface area contributed by atoms with E-state index >= 15 is 0 Å². The highest BCUT2D eigenvalue weighted by molar-refractivity contribution is 5.31. The maximum atomic E-state index is 8.64. The van der Waals surface area contributed by atoms with Crippen molar-refractivity contribution in [2.45, 2.75) is 19.8 Å². The molecule has 0 radical (unpaired) electrons. The van der Waals surface area contributed by atoms with Crippen LogP contribution < -0.4 is 0 Å². The normalized spacial score (nSPS) is 9.64. The average molecular weight is 147 g/mol. The summed E-state index contributed by atoms with van der Waals surface area (Å²) in [7, 11) is 0. The van der Waals surface area contributed by atoms with E-state index in [4.69, 9.17) is 5.26 Å². The van der Waals surface area contributed by atoms with Gasteiger partial charge in [0.15, 0.2) is 0 Å². The van der Waals surface area contributed by atoms with Crippen LogP contribution in [0.3, 0.4) is 0 Å². The third kappa shape index (κ3) is 1.53. The maximum Gasteiger partial charge on any atom is 0.115 e. The van der Waals surface area contributed by atoms with Crippen molar-refractivity contribution in [3.05, 3.63) is 23.8 Å². The van der Waals surface area contributed by atoms with Crippen molar-refractivity contribution in [1.82, 2.24) is 9.97 Å². The molecular formula is C8H9N3. The molecule has 11 heavy (non-hydrogen) atoms. The Bertz CT molecular complexity index is 286. The predicted molar refractivity (Wildman–Crippen MR) is 40.8 cm³/mol. The van der Waals surface area contributed by atoms with Gasteiger partial charge in [-0.05, 0) is 5.92 Å². The van der Waals surface area contributed by atoms with E-state index in [1.165, 1.54) is 6.33 Å². The summed E-state index contributed by atoms with van der Waals surface area (Å²) in [4.78, 5) is 7.78. The molecule has 0 saturated carbocycles. The van der Waals surface area contributed by atoms with E-state index in [1.807, 2.05) is 13.8 Å². The lowest BCUT2D eigenvalue weighted by Gasteiger charge is -2.03. The molecule has 56 valence electrons. The Labute approximate surface area is 65.7 Å². The van der Waals surface area contributed by atoms with Crippen molar-refractivity contribution in [2.24, 2.45) is 0 Å². The number of aromatic nitrogens is 2. The summed E-state index contributed by atoms with van der Waals surface area (Å²) in [5, 5.41) is 8.64. The van der Waals surface area contributed by atoms with Crippen molar-refractivity contribution in [2.75, 3.05) is 0 Å². The Kier molecular flexibility index (Phi) is 2.17. The number of hydrogen-bond acceptors (Lipinski definition) is 3. The zero-order valence-corrected chi connectivity index (χ0v) is 6.57. The van der Waals surface area contributed by atoms with Gasteiger partial charge < -0.3 is 0 Å². The van der Waals surface area contributed by atoms with Gasteiger partial charge in [-0.3, -0.25) is 0 Å². The molecule has 3 heteroatoms. The number of rotatable bonds is 1. The second-order valence-electron chi connectivity index (χ2n) is 2.59. The first kappa shape index (κ1) is 7.67. The van der Waals surface area contributed by atoms with Crippen molar-refractivity contribution < 1.29 is 0 Å². The molecule has 0 aromatic carbocycles. The lowest BCUT2D eigenvalue weighted by Crippen LogP contribution is -1.97. The molecule has 1 heterocycles. The van der Waals surface area contributed by atoms with Crippen LogP contribution in [-0.2, 0) is 0 Å².